The van der Waals surface area contributed by atoms with Crippen LogP contribution in [0.2, 0.25) is 5.02 Å². The first-order valence-corrected chi connectivity index (χ1v) is 7.52. The molecule has 2 aromatic rings. The van der Waals surface area contributed by atoms with Crippen LogP contribution < -0.4 is 9.47 Å². The number of halogens is 1. The molecule has 0 spiro atoms. The summed E-state index contributed by atoms with van der Waals surface area (Å²) < 4.78 is 10.8. The van der Waals surface area contributed by atoms with E-state index in [0.29, 0.717) is 11.6 Å². The molecule has 0 aromatic heterocycles. The van der Waals surface area contributed by atoms with Gasteiger partial charge in [-0.1, -0.05) is 29.8 Å². The van der Waals surface area contributed by atoms with Crippen molar-refractivity contribution >= 4 is 11.6 Å². The Hall–Kier alpha value is -2.18. The maximum absolute atomic E-state index is 9.30. The Kier molecular flexibility index (Phi) is 6.12. The average molecular weight is 316 g/mol. The zero-order valence-electron chi connectivity index (χ0n) is 12.5. The highest BCUT2D eigenvalue weighted by molar-refractivity contribution is 6.30. The Labute approximate surface area is 136 Å². The van der Waals surface area contributed by atoms with E-state index in [1.54, 1.807) is 7.11 Å². The number of hydrogen-bond acceptors (Lipinski definition) is 3. The second-order valence-electron chi connectivity index (χ2n) is 4.91. The number of benzene rings is 2. The van der Waals surface area contributed by atoms with Crippen LogP contribution in [0.15, 0.2) is 48.5 Å². The summed E-state index contributed by atoms with van der Waals surface area (Å²) in [5.74, 6) is 1.38. The van der Waals surface area contributed by atoms with Crippen LogP contribution in [0.5, 0.6) is 11.5 Å². The fourth-order valence-electron chi connectivity index (χ4n) is 2.20. The summed E-state index contributed by atoms with van der Waals surface area (Å²) >= 11 is 5.97. The number of methoxy groups -OCH3 is 1. The minimum atomic E-state index is -0.160. The summed E-state index contributed by atoms with van der Waals surface area (Å²) in [5.41, 5.74) is 0.955. The highest BCUT2D eigenvalue weighted by Crippen LogP contribution is 2.24. The zero-order valence-corrected chi connectivity index (χ0v) is 13.2. The summed E-state index contributed by atoms with van der Waals surface area (Å²) in [4.78, 5) is 0. The van der Waals surface area contributed by atoms with Crippen molar-refractivity contribution in [3.63, 3.8) is 0 Å². The maximum Gasteiger partial charge on any atom is 0.122 e. The number of nitriles is 1. The van der Waals surface area contributed by atoms with Crippen molar-refractivity contribution in [3.8, 4) is 17.6 Å². The zero-order chi connectivity index (χ0) is 15.8. The minimum absolute atomic E-state index is 0.160. The second kappa shape index (κ2) is 8.31. The van der Waals surface area contributed by atoms with Gasteiger partial charge in [0.25, 0.3) is 0 Å². The number of rotatable bonds is 7. The van der Waals surface area contributed by atoms with E-state index < -0.39 is 0 Å². The molecule has 114 valence electrons. The van der Waals surface area contributed by atoms with Crippen molar-refractivity contribution < 1.29 is 9.47 Å². The molecule has 2 rings (SSSR count). The third-order valence-electron chi connectivity index (χ3n) is 3.35. The van der Waals surface area contributed by atoms with Crippen LogP contribution in [0.3, 0.4) is 0 Å². The molecule has 0 amide bonds. The molecule has 2 aromatic carbocycles. The molecule has 0 bridgehead atoms. The lowest BCUT2D eigenvalue weighted by Gasteiger charge is -2.11. The van der Waals surface area contributed by atoms with Crippen LogP contribution in [-0.4, -0.2) is 13.7 Å². The lowest BCUT2D eigenvalue weighted by Crippen LogP contribution is -2.02. The molecule has 0 heterocycles. The van der Waals surface area contributed by atoms with Gasteiger partial charge in [0, 0.05) is 11.1 Å². The first kappa shape index (κ1) is 16.2. The molecule has 0 radical (unpaired) electrons. The monoisotopic (exact) mass is 315 g/mol. The van der Waals surface area contributed by atoms with Crippen molar-refractivity contribution in [2.75, 3.05) is 13.7 Å². The van der Waals surface area contributed by atoms with Gasteiger partial charge in [0.05, 0.1) is 25.7 Å². The van der Waals surface area contributed by atoms with E-state index in [1.807, 2.05) is 48.5 Å². The van der Waals surface area contributed by atoms with Crippen LogP contribution in [0.4, 0.5) is 0 Å². The predicted octanol–water partition coefficient (Wildman–Crippen LogP) is 4.81. The first-order chi connectivity index (χ1) is 10.7. The number of hydrogen-bond donors (Lipinski definition) is 0. The molecular weight excluding hydrogens is 298 g/mol. The largest absolute Gasteiger partial charge is 0.497 e. The fourth-order valence-corrected chi connectivity index (χ4v) is 2.40. The first-order valence-electron chi connectivity index (χ1n) is 7.15. The lowest BCUT2D eigenvalue weighted by atomic mass is 9.96. The quantitative estimate of drug-likeness (QED) is 0.688. The highest BCUT2D eigenvalue weighted by atomic mass is 35.5. The fraction of sp³-hybridized carbons (Fsp3) is 0.278. The highest BCUT2D eigenvalue weighted by Gasteiger charge is 2.10. The summed E-state index contributed by atoms with van der Waals surface area (Å²) in [6.07, 6.45) is 1.53. The van der Waals surface area contributed by atoms with E-state index in [2.05, 4.69) is 6.07 Å². The summed E-state index contributed by atoms with van der Waals surface area (Å²) in [6, 6.07) is 17.3. The van der Waals surface area contributed by atoms with Crippen LogP contribution in [-0.2, 0) is 0 Å². The van der Waals surface area contributed by atoms with Gasteiger partial charge in [-0.15, -0.1) is 0 Å². The lowest BCUT2D eigenvalue weighted by molar-refractivity contribution is 0.302. The molecule has 1 atom stereocenters. The molecule has 0 aliphatic carbocycles. The standard InChI is InChI=1S/C18H18ClNO2/c1-21-17-8-3-9-18(12-17)22-10-4-6-15(13-20)14-5-2-7-16(19)11-14/h2-3,5,7-9,11-12,15H,4,6,10H2,1H3. The minimum Gasteiger partial charge on any atom is -0.497 e. The van der Waals surface area contributed by atoms with Crippen LogP contribution >= 0.6 is 11.6 Å². The Morgan fingerprint density at radius 1 is 1.14 bits per heavy atom. The maximum atomic E-state index is 9.30. The number of nitrogens with zero attached hydrogens (tertiary/aromatic N) is 1. The Morgan fingerprint density at radius 3 is 2.64 bits per heavy atom. The van der Waals surface area contributed by atoms with Gasteiger partial charge in [0.1, 0.15) is 11.5 Å². The van der Waals surface area contributed by atoms with E-state index in [4.69, 9.17) is 21.1 Å². The Balaban J connectivity index is 1.83. The van der Waals surface area contributed by atoms with Crippen molar-refractivity contribution in [1.82, 2.24) is 0 Å². The molecule has 0 fully saturated rings. The van der Waals surface area contributed by atoms with Gasteiger partial charge in [0.15, 0.2) is 0 Å². The van der Waals surface area contributed by atoms with Gasteiger partial charge < -0.3 is 9.47 Å². The SMILES string of the molecule is COc1cccc(OCCCC(C#N)c2cccc(Cl)c2)c1. The third-order valence-corrected chi connectivity index (χ3v) is 3.59. The predicted molar refractivity (Wildman–Crippen MR) is 87.5 cm³/mol. The molecule has 0 saturated carbocycles. The molecule has 0 N–H and O–H groups in total. The Morgan fingerprint density at radius 2 is 1.91 bits per heavy atom. The van der Waals surface area contributed by atoms with Gasteiger partial charge >= 0.3 is 0 Å². The third kappa shape index (κ3) is 4.68. The van der Waals surface area contributed by atoms with Crippen LogP contribution in [0.25, 0.3) is 0 Å². The van der Waals surface area contributed by atoms with Gasteiger partial charge in [-0.25, -0.2) is 0 Å². The summed E-state index contributed by atoms with van der Waals surface area (Å²) in [5, 5.41) is 9.96. The molecule has 4 heteroatoms. The topological polar surface area (TPSA) is 42.2 Å². The Bertz CT molecular complexity index is 652. The van der Waals surface area contributed by atoms with Gasteiger partial charge in [-0.2, -0.15) is 5.26 Å². The smallest absolute Gasteiger partial charge is 0.122 e. The van der Waals surface area contributed by atoms with E-state index in [-0.39, 0.29) is 5.92 Å². The van der Waals surface area contributed by atoms with Crippen molar-refractivity contribution in [3.05, 3.63) is 59.1 Å². The van der Waals surface area contributed by atoms with Crippen LogP contribution in [0.1, 0.15) is 24.3 Å². The molecule has 0 aliphatic heterocycles. The summed E-state index contributed by atoms with van der Waals surface area (Å²) in [6.45, 7) is 0.561. The number of ether oxygens (including phenoxy) is 2. The molecule has 0 aliphatic rings. The van der Waals surface area contributed by atoms with Crippen molar-refractivity contribution in [1.29, 1.82) is 5.26 Å². The van der Waals surface area contributed by atoms with Crippen molar-refractivity contribution in [2.24, 2.45) is 0 Å². The van der Waals surface area contributed by atoms with Gasteiger partial charge in [-0.3, -0.25) is 0 Å². The molecule has 3 nitrogen and oxygen atoms in total. The average Bonchev–Trinajstić information content (AvgIpc) is 2.55. The van der Waals surface area contributed by atoms with E-state index >= 15 is 0 Å². The summed E-state index contributed by atoms with van der Waals surface area (Å²) in [7, 11) is 1.63. The molecule has 22 heavy (non-hydrogen) atoms. The van der Waals surface area contributed by atoms with E-state index in [0.717, 1.165) is 29.9 Å². The van der Waals surface area contributed by atoms with E-state index in [1.165, 1.54) is 0 Å². The molecule has 1 unspecified atom stereocenters. The van der Waals surface area contributed by atoms with Gasteiger partial charge in [-0.05, 0) is 42.7 Å². The van der Waals surface area contributed by atoms with Crippen molar-refractivity contribution in [2.45, 2.75) is 18.8 Å². The normalized spacial score (nSPS) is 11.5. The van der Waals surface area contributed by atoms with Crippen LogP contribution in [0, 0.1) is 11.3 Å². The molecule has 0 saturated heterocycles. The second-order valence-corrected chi connectivity index (χ2v) is 5.34. The van der Waals surface area contributed by atoms with Gasteiger partial charge in [0.2, 0.25) is 0 Å². The molecular formula is C18H18ClNO2. The van der Waals surface area contributed by atoms with E-state index in [9.17, 15) is 5.26 Å².